The van der Waals surface area contributed by atoms with Gasteiger partial charge in [-0.3, -0.25) is 4.90 Å². The second kappa shape index (κ2) is 5.79. The first-order valence-corrected chi connectivity index (χ1v) is 7.04. The van der Waals surface area contributed by atoms with Gasteiger partial charge in [0.2, 0.25) is 0 Å². The predicted molar refractivity (Wildman–Crippen MR) is 71.1 cm³/mol. The number of nitrogens with zero attached hydrogens (tertiary/aromatic N) is 2. The Hall–Kier alpha value is -0.280. The van der Waals surface area contributed by atoms with Crippen LogP contribution in [0.25, 0.3) is 0 Å². The predicted octanol–water partition coefficient (Wildman–Crippen LogP) is -1.06. The summed E-state index contributed by atoms with van der Waals surface area (Å²) < 4.78 is 1.13. The molecule has 0 saturated carbocycles. The van der Waals surface area contributed by atoms with Crippen molar-refractivity contribution in [2.45, 2.75) is 12.5 Å². The van der Waals surface area contributed by atoms with Crippen LogP contribution in [0.2, 0.25) is 0 Å². The van der Waals surface area contributed by atoms with E-state index in [2.05, 4.69) is 35.2 Å². The number of rotatable bonds is 3. The molecule has 1 aromatic carbocycles. The van der Waals surface area contributed by atoms with Crippen LogP contribution in [0, 0.1) is 0 Å². The van der Waals surface area contributed by atoms with Crippen LogP contribution in [0.4, 0.5) is 0 Å². The maximum absolute atomic E-state index is 6.18. The van der Waals surface area contributed by atoms with Crippen LogP contribution in [0.1, 0.15) is 5.56 Å². The number of fused-ring (bicyclic) bond motifs is 3. The number of hydrogen-bond acceptors (Lipinski definition) is 1. The summed E-state index contributed by atoms with van der Waals surface area (Å²) in [6.07, 6.45) is 1.18. The monoisotopic (exact) mass is 286 g/mol. The third kappa shape index (κ3) is 2.67. The van der Waals surface area contributed by atoms with Gasteiger partial charge in [0.15, 0.2) is 6.00 Å². The summed E-state index contributed by atoms with van der Waals surface area (Å²) >= 11 is 6.18. The highest BCUT2D eigenvalue weighted by atomic mass is 35.5. The minimum Gasteiger partial charge on any atom is -1.00 e. The van der Waals surface area contributed by atoms with Crippen molar-refractivity contribution in [3.8, 4) is 0 Å². The minimum atomic E-state index is 0. The number of hydrogen-bond donors (Lipinski definition) is 0. The van der Waals surface area contributed by atoms with Gasteiger partial charge in [-0.05, 0) is 12.0 Å². The highest BCUT2D eigenvalue weighted by Gasteiger charge is 2.43. The van der Waals surface area contributed by atoms with E-state index in [-0.39, 0.29) is 12.4 Å². The molecule has 0 aromatic heterocycles. The van der Waals surface area contributed by atoms with Crippen molar-refractivity contribution in [3.63, 3.8) is 0 Å². The zero-order valence-electron chi connectivity index (χ0n) is 10.6. The Morgan fingerprint density at radius 1 is 1.17 bits per heavy atom. The smallest absolute Gasteiger partial charge is 0.155 e. The number of piperazine rings is 3. The van der Waals surface area contributed by atoms with E-state index >= 15 is 0 Å². The Morgan fingerprint density at radius 3 is 2.44 bits per heavy atom. The molecule has 1 aromatic rings. The lowest BCUT2D eigenvalue weighted by Crippen LogP contribution is -3.00. The van der Waals surface area contributed by atoms with Crippen LogP contribution in [-0.4, -0.2) is 54.2 Å². The van der Waals surface area contributed by atoms with Crippen LogP contribution >= 0.6 is 11.6 Å². The number of alkyl halides is 1. The summed E-state index contributed by atoms with van der Waals surface area (Å²) in [7, 11) is 0. The molecule has 0 radical (unpaired) electrons. The Bertz CT molecular complexity index is 375. The standard InChI is InChI=1S/C14H20ClN2.ClH/c15-12-17-8-6-16(7-9-17)14(11-17)10-13-4-2-1-3-5-13;/h1-5,14H,6-12H2;1H/q+1;/p-1/t14-;/m1./s1. The molecule has 0 spiro atoms. The highest BCUT2D eigenvalue weighted by Crippen LogP contribution is 2.26. The average Bonchev–Trinajstić information content (AvgIpc) is 2.41. The quantitative estimate of drug-likeness (QED) is 0.389. The van der Waals surface area contributed by atoms with Crippen molar-refractivity contribution in [3.05, 3.63) is 35.9 Å². The molecule has 3 aliphatic heterocycles. The fraction of sp³-hybridized carbons (Fsp3) is 0.571. The van der Waals surface area contributed by atoms with Crippen LogP contribution in [-0.2, 0) is 6.42 Å². The normalized spacial score (nSPS) is 34.1. The topological polar surface area (TPSA) is 3.24 Å². The summed E-state index contributed by atoms with van der Waals surface area (Å²) in [5.41, 5.74) is 1.46. The molecule has 3 saturated heterocycles. The van der Waals surface area contributed by atoms with Crippen molar-refractivity contribution in [2.24, 2.45) is 0 Å². The van der Waals surface area contributed by atoms with E-state index in [1.807, 2.05) is 0 Å². The van der Waals surface area contributed by atoms with Crippen LogP contribution in [0.3, 0.4) is 0 Å². The van der Waals surface area contributed by atoms with Gasteiger partial charge in [-0.15, -0.1) is 0 Å². The third-order valence-corrected chi connectivity index (χ3v) is 4.91. The van der Waals surface area contributed by atoms with E-state index < -0.39 is 0 Å². The fourth-order valence-corrected chi connectivity index (χ4v) is 3.60. The van der Waals surface area contributed by atoms with E-state index in [1.165, 1.54) is 44.7 Å². The molecular formula is C14H20Cl2N2. The maximum Gasteiger partial charge on any atom is 0.155 e. The van der Waals surface area contributed by atoms with Crippen LogP contribution < -0.4 is 12.4 Å². The SMILES string of the molecule is ClC[N+]12CCN(CC1)[C@H](Cc1ccccc1)C2.[Cl-]. The zero-order valence-corrected chi connectivity index (χ0v) is 12.1. The summed E-state index contributed by atoms with van der Waals surface area (Å²) in [5, 5.41) is 0. The highest BCUT2D eigenvalue weighted by molar-refractivity contribution is 6.17. The third-order valence-electron chi connectivity index (χ3n) is 4.41. The second-order valence-electron chi connectivity index (χ2n) is 5.47. The van der Waals surface area contributed by atoms with E-state index in [0.29, 0.717) is 6.04 Å². The Morgan fingerprint density at radius 2 is 1.83 bits per heavy atom. The van der Waals surface area contributed by atoms with Gasteiger partial charge in [0.05, 0.1) is 25.7 Å². The van der Waals surface area contributed by atoms with E-state index in [0.717, 1.165) is 10.5 Å². The van der Waals surface area contributed by atoms with Gasteiger partial charge in [0.25, 0.3) is 0 Å². The minimum absolute atomic E-state index is 0. The zero-order chi connectivity index (χ0) is 11.7. The van der Waals surface area contributed by atoms with Crippen LogP contribution in [0.15, 0.2) is 30.3 Å². The Labute approximate surface area is 121 Å². The van der Waals surface area contributed by atoms with Crippen molar-refractivity contribution in [1.82, 2.24) is 4.90 Å². The first-order chi connectivity index (χ1) is 8.31. The fourth-order valence-electron chi connectivity index (χ4n) is 3.26. The van der Waals surface area contributed by atoms with Gasteiger partial charge in [-0.1, -0.05) is 41.9 Å². The lowest BCUT2D eigenvalue weighted by Gasteiger charge is -2.53. The molecule has 4 rings (SSSR count). The van der Waals surface area contributed by atoms with Gasteiger partial charge in [0, 0.05) is 13.1 Å². The summed E-state index contributed by atoms with van der Waals surface area (Å²) in [4.78, 5) is 2.65. The summed E-state index contributed by atoms with van der Waals surface area (Å²) in [5.74, 6) is 0. The summed E-state index contributed by atoms with van der Waals surface area (Å²) in [6.45, 7) is 6.18. The van der Waals surface area contributed by atoms with E-state index in [1.54, 1.807) is 0 Å². The first kappa shape index (κ1) is 14.1. The molecule has 2 nitrogen and oxygen atoms in total. The molecule has 0 aliphatic carbocycles. The lowest BCUT2D eigenvalue weighted by atomic mass is 9.98. The molecule has 3 aliphatic rings. The Balaban J connectivity index is 0.00000120. The molecule has 3 fully saturated rings. The van der Waals surface area contributed by atoms with Crippen molar-refractivity contribution in [2.75, 3.05) is 38.7 Å². The number of benzene rings is 1. The molecule has 4 heteroatoms. The molecule has 3 heterocycles. The molecule has 18 heavy (non-hydrogen) atoms. The van der Waals surface area contributed by atoms with Crippen molar-refractivity contribution < 1.29 is 16.9 Å². The molecule has 2 bridgehead atoms. The Kier molecular flexibility index (Phi) is 4.54. The second-order valence-corrected chi connectivity index (χ2v) is 5.71. The van der Waals surface area contributed by atoms with Gasteiger partial charge in [0.1, 0.15) is 0 Å². The first-order valence-electron chi connectivity index (χ1n) is 6.50. The van der Waals surface area contributed by atoms with E-state index in [9.17, 15) is 0 Å². The van der Waals surface area contributed by atoms with E-state index in [4.69, 9.17) is 11.6 Å². The largest absolute Gasteiger partial charge is 1.00 e. The molecule has 1 atom stereocenters. The molecule has 0 unspecified atom stereocenters. The van der Waals surface area contributed by atoms with Crippen molar-refractivity contribution >= 4 is 11.6 Å². The molecule has 100 valence electrons. The molecular weight excluding hydrogens is 267 g/mol. The number of quaternary nitrogens is 1. The number of halogens is 2. The van der Waals surface area contributed by atoms with Crippen LogP contribution in [0.5, 0.6) is 0 Å². The van der Waals surface area contributed by atoms with Crippen molar-refractivity contribution in [1.29, 1.82) is 0 Å². The van der Waals surface area contributed by atoms with Gasteiger partial charge < -0.3 is 16.9 Å². The van der Waals surface area contributed by atoms with Gasteiger partial charge >= 0.3 is 0 Å². The lowest BCUT2D eigenvalue weighted by molar-refractivity contribution is -0.934. The van der Waals surface area contributed by atoms with Gasteiger partial charge in [-0.25, -0.2) is 0 Å². The molecule has 0 N–H and O–H groups in total. The maximum atomic E-state index is 6.18. The summed E-state index contributed by atoms with van der Waals surface area (Å²) in [6, 6.07) is 12.3. The van der Waals surface area contributed by atoms with Gasteiger partial charge in [-0.2, -0.15) is 0 Å². The average molecular weight is 287 g/mol. The molecule has 0 amide bonds.